The molecule has 1 fully saturated rings. The van der Waals surface area contributed by atoms with Crippen LogP contribution in [0.2, 0.25) is 0 Å². The average Bonchev–Trinajstić information content (AvgIpc) is 2.20. The van der Waals surface area contributed by atoms with Gasteiger partial charge in [-0.2, -0.15) is 0 Å². The number of carbonyl (C=O) groups excluding carboxylic acids is 1. The SMILES string of the molecule is Cc1cccc(C(=O)N2CC(CN)C2)c1C. The van der Waals surface area contributed by atoms with Crippen molar-refractivity contribution in [3.63, 3.8) is 0 Å². The zero-order chi connectivity index (χ0) is 11.7. The van der Waals surface area contributed by atoms with Gasteiger partial charge in [0.05, 0.1) is 0 Å². The molecule has 1 heterocycles. The minimum atomic E-state index is 0.144. The lowest BCUT2D eigenvalue weighted by Gasteiger charge is -2.39. The first-order valence-corrected chi connectivity index (χ1v) is 5.69. The number of hydrogen-bond donors (Lipinski definition) is 1. The Bertz CT molecular complexity index is 408. The molecule has 1 amide bonds. The fourth-order valence-corrected chi connectivity index (χ4v) is 2.04. The number of carbonyl (C=O) groups is 1. The third kappa shape index (κ3) is 1.83. The fourth-order valence-electron chi connectivity index (χ4n) is 2.04. The van der Waals surface area contributed by atoms with E-state index in [4.69, 9.17) is 5.73 Å². The molecule has 0 aliphatic carbocycles. The largest absolute Gasteiger partial charge is 0.338 e. The first kappa shape index (κ1) is 11.1. The Morgan fingerprint density at radius 1 is 1.44 bits per heavy atom. The number of hydrogen-bond acceptors (Lipinski definition) is 2. The van der Waals surface area contributed by atoms with Crippen LogP contribution in [0, 0.1) is 19.8 Å². The molecule has 3 nitrogen and oxygen atoms in total. The van der Waals surface area contributed by atoms with Gasteiger partial charge in [0.1, 0.15) is 0 Å². The van der Waals surface area contributed by atoms with Gasteiger partial charge in [0.2, 0.25) is 0 Å². The molecule has 0 unspecified atom stereocenters. The van der Waals surface area contributed by atoms with Crippen molar-refractivity contribution < 1.29 is 4.79 Å². The maximum absolute atomic E-state index is 12.1. The van der Waals surface area contributed by atoms with Gasteiger partial charge in [-0.3, -0.25) is 4.79 Å². The van der Waals surface area contributed by atoms with Crippen molar-refractivity contribution >= 4 is 5.91 Å². The van der Waals surface area contributed by atoms with Crippen LogP contribution in [0.3, 0.4) is 0 Å². The van der Waals surface area contributed by atoms with Crippen molar-refractivity contribution in [1.82, 2.24) is 4.90 Å². The number of nitrogens with zero attached hydrogens (tertiary/aromatic N) is 1. The van der Waals surface area contributed by atoms with Gasteiger partial charge in [0.15, 0.2) is 0 Å². The molecule has 1 aromatic carbocycles. The summed E-state index contributed by atoms with van der Waals surface area (Å²) in [4.78, 5) is 14.0. The number of likely N-dealkylation sites (tertiary alicyclic amines) is 1. The third-order valence-electron chi connectivity index (χ3n) is 3.41. The summed E-state index contributed by atoms with van der Waals surface area (Å²) in [5, 5.41) is 0. The van der Waals surface area contributed by atoms with E-state index in [2.05, 4.69) is 0 Å². The topological polar surface area (TPSA) is 46.3 Å². The molecule has 0 bridgehead atoms. The van der Waals surface area contributed by atoms with Crippen LogP contribution in [0.4, 0.5) is 0 Å². The third-order valence-corrected chi connectivity index (χ3v) is 3.41. The molecule has 1 aliphatic rings. The number of amides is 1. The predicted octanol–water partition coefficient (Wildman–Crippen LogP) is 1.33. The molecule has 1 aliphatic heterocycles. The standard InChI is InChI=1S/C13H18N2O/c1-9-4-3-5-12(10(9)2)13(16)15-7-11(6-14)8-15/h3-5,11H,6-8,14H2,1-2H3. The van der Waals surface area contributed by atoms with Crippen molar-refractivity contribution in [1.29, 1.82) is 0 Å². The smallest absolute Gasteiger partial charge is 0.254 e. The van der Waals surface area contributed by atoms with E-state index in [9.17, 15) is 4.79 Å². The van der Waals surface area contributed by atoms with Crippen molar-refractivity contribution in [2.24, 2.45) is 11.7 Å². The monoisotopic (exact) mass is 218 g/mol. The molecular formula is C13H18N2O. The number of benzene rings is 1. The van der Waals surface area contributed by atoms with Crippen LogP contribution >= 0.6 is 0 Å². The van der Waals surface area contributed by atoms with Crippen LogP contribution in [-0.2, 0) is 0 Å². The minimum absolute atomic E-state index is 0.144. The average molecular weight is 218 g/mol. The van der Waals surface area contributed by atoms with E-state index in [0.717, 1.165) is 24.2 Å². The van der Waals surface area contributed by atoms with Crippen LogP contribution in [0.25, 0.3) is 0 Å². The Balaban J connectivity index is 2.13. The van der Waals surface area contributed by atoms with Crippen molar-refractivity contribution in [3.05, 3.63) is 34.9 Å². The van der Waals surface area contributed by atoms with Gasteiger partial charge < -0.3 is 10.6 Å². The summed E-state index contributed by atoms with van der Waals surface area (Å²) in [7, 11) is 0. The van der Waals surface area contributed by atoms with E-state index >= 15 is 0 Å². The minimum Gasteiger partial charge on any atom is -0.338 e. The van der Waals surface area contributed by atoms with Crippen molar-refractivity contribution in [2.75, 3.05) is 19.6 Å². The molecule has 2 rings (SSSR count). The van der Waals surface area contributed by atoms with Crippen LogP contribution in [0.1, 0.15) is 21.5 Å². The summed E-state index contributed by atoms with van der Waals surface area (Å²) in [6, 6.07) is 5.88. The number of nitrogens with two attached hydrogens (primary N) is 1. The van der Waals surface area contributed by atoms with Gasteiger partial charge in [-0.15, -0.1) is 0 Å². The number of rotatable bonds is 2. The highest BCUT2D eigenvalue weighted by molar-refractivity contribution is 5.96. The molecule has 1 saturated heterocycles. The van der Waals surface area contributed by atoms with E-state index in [0.29, 0.717) is 12.5 Å². The van der Waals surface area contributed by atoms with Gasteiger partial charge in [0, 0.05) is 24.6 Å². The Morgan fingerprint density at radius 3 is 2.75 bits per heavy atom. The van der Waals surface area contributed by atoms with Crippen molar-refractivity contribution in [2.45, 2.75) is 13.8 Å². The molecule has 3 heteroatoms. The highest BCUT2D eigenvalue weighted by Crippen LogP contribution is 2.20. The molecule has 0 aromatic heterocycles. The van der Waals surface area contributed by atoms with E-state index in [1.807, 2.05) is 36.9 Å². The van der Waals surface area contributed by atoms with Gasteiger partial charge in [-0.25, -0.2) is 0 Å². The molecular weight excluding hydrogens is 200 g/mol. The Labute approximate surface area is 96.2 Å². The number of aryl methyl sites for hydroxylation is 1. The van der Waals surface area contributed by atoms with Gasteiger partial charge in [-0.05, 0) is 37.6 Å². The Hall–Kier alpha value is -1.35. The van der Waals surface area contributed by atoms with E-state index in [1.54, 1.807) is 0 Å². The lowest BCUT2D eigenvalue weighted by atomic mass is 9.96. The van der Waals surface area contributed by atoms with Gasteiger partial charge >= 0.3 is 0 Å². The Kier molecular flexibility index (Phi) is 2.97. The second-order valence-corrected chi connectivity index (χ2v) is 4.56. The summed E-state index contributed by atoms with van der Waals surface area (Å²) in [6.07, 6.45) is 0. The molecule has 0 atom stereocenters. The molecule has 0 saturated carbocycles. The molecule has 86 valence electrons. The summed E-state index contributed by atoms with van der Waals surface area (Å²) in [6.45, 7) is 6.33. The van der Waals surface area contributed by atoms with Crippen molar-refractivity contribution in [3.8, 4) is 0 Å². The first-order valence-electron chi connectivity index (χ1n) is 5.69. The maximum atomic E-state index is 12.1. The quantitative estimate of drug-likeness (QED) is 0.814. The molecule has 1 aromatic rings. The lowest BCUT2D eigenvalue weighted by Crippen LogP contribution is -2.52. The van der Waals surface area contributed by atoms with E-state index in [1.165, 1.54) is 5.56 Å². The molecule has 0 spiro atoms. The summed E-state index contributed by atoms with van der Waals surface area (Å²) in [5.74, 6) is 0.639. The predicted molar refractivity (Wildman–Crippen MR) is 64.4 cm³/mol. The highest BCUT2D eigenvalue weighted by atomic mass is 16.2. The van der Waals surface area contributed by atoms with Crippen LogP contribution in [0.15, 0.2) is 18.2 Å². The second kappa shape index (κ2) is 4.26. The fraction of sp³-hybridized carbons (Fsp3) is 0.462. The Morgan fingerprint density at radius 2 is 2.12 bits per heavy atom. The maximum Gasteiger partial charge on any atom is 0.254 e. The first-order chi connectivity index (χ1) is 7.63. The molecule has 0 radical (unpaired) electrons. The van der Waals surface area contributed by atoms with Crippen LogP contribution < -0.4 is 5.73 Å². The van der Waals surface area contributed by atoms with E-state index in [-0.39, 0.29) is 5.91 Å². The van der Waals surface area contributed by atoms with Crippen LogP contribution in [-0.4, -0.2) is 30.4 Å². The molecule has 16 heavy (non-hydrogen) atoms. The lowest BCUT2D eigenvalue weighted by molar-refractivity contribution is 0.0514. The van der Waals surface area contributed by atoms with Crippen LogP contribution in [0.5, 0.6) is 0 Å². The van der Waals surface area contributed by atoms with Gasteiger partial charge in [0.25, 0.3) is 5.91 Å². The zero-order valence-corrected chi connectivity index (χ0v) is 9.86. The summed E-state index contributed by atoms with van der Waals surface area (Å²) < 4.78 is 0. The van der Waals surface area contributed by atoms with E-state index < -0.39 is 0 Å². The zero-order valence-electron chi connectivity index (χ0n) is 9.86. The summed E-state index contributed by atoms with van der Waals surface area (Å²) in [5.41, 5.74) is 8.64. The summed E-state index contributed by atoms with van der Waals surface area (Å²) >= 11 is 0. The second-order valence-electron chi connectivity index (χ2n) is 4.56. The molecule has 2 N–H and O–H groups in total. The normalized spacial score (nSPS) is 16.1. The van der Waals surface area contributed by atoms with Gasteiger partial charge in [-0.1, -0.05) is 12.1 Å². The highest BCUT2D eigenvalue weighted by Gasteiger charge is 2.30.